The maximum absolute atomic E-state index is 8.30. The Morgan fingerprint density at radius 1 is 1.89 bits per heavy atom. The second-order valence-electron chi connectivity index (χ2n) is 2.08. The molecule has 0 N–H and O–H groups in total. The fourth-order valence-electron chi connectivity index (χ4n) is 0.580. The van der Waals surface area contributed by atoms with Crippen LogP contribution in [0.15, 0.2) is 0 Å². The van der Waals surface area contributed by atoms with E-state index in [1.165, 1.54) is 0 Å². The van der Waals surface area contributed by atoms with E-state index in [1.807, 2.05) is 6.92 Å². The van der Waals surface area contributed by atoms with Crippen LogP contribution in [-0.2, 0) is 4.84 Å². The Bertz CT molecular complexity index is 130. The first-order valence-corrected chi connectivity index (χ1v) is 3.17. The highest BCUT2D eigenvalue weighted by molar-refractivity contribution is 5.01. The molecule has 0 saturated carbocycles. The van der Waals surface area contributed by atoms with Crippen molar-refractivity contribution in [1.82, 2.24) is 5.06 Å². The summed E-state index contributed by atoms with van der Waals surface area (Å²) in [6, 6.07) is 2.14. The molecule has 0 aromatic carbocycles. The van der Waals surface area contributed by atoms with Gasteiger partial charge in [0.1, 0.15) is 6.04 Å². The Labute approximate surface area is 54.8 Å². The molecule has 1 saturated heterocycles. The molecule has 0 radical (unpaired) electrons. The van der Waals surface area contributed by atoms with Crippen LogP contribution >= 0.6 is 0 Å². The highest BCUT2D eigenvalue weighted by atomic mass is 16.7. The lowest BCUT2D eigenvalue weighted by Gasteiger charge is -1.97. The van der Waals surface area contributed by atoms with Gasteiger partial charge in [-0.05, 0) is 6.42 Å². The molecule has 0 spiro atoms. The zero-order chi connectivity index (χ0) is 6.69. The molecule has 1 heterocycles. The number of nitrogens with zero attached hydrogens (tertiary/aromatic N) is 2. The molecule has 50 valence electrons. The average molecular weight is 126 g/mol. The van der Waals surface area contributed by atoms with Gasteiger partial charge in [-0.25, -0.2) is 0 Å². The van der Waals surface area contributed by atoms with Crippen molar-refractivity contribution < 1.29 is 4.84 Å². The first kappa shape index (κ1) is 6.53. The maximum atomic E-state index is 8.30. The molecule has 0 bridgehead atoms. The van der Waals surface area contributed by atoms with Gasteiger partial charge in [-0.1, -0.05) is 6.92 Å². The van der Waals surface area contributed by atoms with Crippen LogP contribution in [0.1, 0.15) is 13.3 Å². The van der Waals surface area contributed by atoms with Gasteiger partial charge in [0, 0.05) is 0 Å². The fourth-order valence-corrected chi connectivity index (χ4v) is 0.580. The second kappa shape index (κ2) is 2.81. The van der Waals surface area contributed by atoms with E-state index >= 15 is 0 Å². The number of hydroxylamine groups is 2. The second-order valence-corrected chi connectivity index (χ2v) is 2.08. The SMILES string of the molecule is CCCON1CC1C#N. The van der Waals surface area contributed by atoms with E-state index in [0.717, 1.165) is 19.6 Å². The third-order valence-electron chi connectivity index (χ3n) is 1.18. The van der Waals surface area contributed by atoms with E-state index in [4.69, 9.17) is 10.1 Å². The van der Waals surface area contributed by atoms with E-state index in [-0.39, 0.29) is 6.04 Å². The third kappa shape index (κ3) is 1.67. The predicted octanol–water partition coefficient (Wildman–Crippen LogP) is 0.536. The van der Waals surface area contributed by atoms with Crippen LogP contribution < -0.4 is 0 Å². The van der Waals surface area contributed by atoms with Gasteiger partial charge in [0.25, 0.3) is 0 Å². The van der Waals surface area contributed by atoms with Crippen molar-refractivity contribution in [3.8, 4) is 6.07 Å². The molecule has 1 aliphatic rings. The Kier molecular flexibility index (Phi) is 2.04. The average Bonchev–Trinajstić information content (AvgIpc) is 2.62. The first-order valence-electron chi connectivity index (χ1n) is 3.17. The Balaban J connectivity index is 2.00. The van der Waals surface area contributed by atoms with Gasteiger partial charge >= 0.3 is 0 Å². The minimum Gasteiger partial charge on any atom is -0.298 e. The van der Waals surface area contributed by atoms with Crippen molar-refractivity contribution in [2.24, 2.45) is 0 Å². The number of nitriles is 1. The van der Waals surface area contributed by atoms with Crippen molar-refractivity contribution in [2.75, 3.05) is 13.2 Å². The highest BCUT2D eigenvalue weighted by Gasteiger charge is 2.35. The Morgan fingerprint density at radius 3 is 3.11 bits per heavy atom. The predicted molar refractivity (Wildman–Crippen MR) is 32.3 cm³/mol. The van der Waals surface area contributed by atoms with Crippen molar-refractivity contribution in [1.29, 1.82) is 5.26 Å². The quantitative estimate of drug-likeness (QED) is 0.518. The lowest BCUT2D eigenvalue weighted by Crippen LogP contribution is -2.02. The van der Waals surface area contributed by atoms with Crippen LogP contribution in [0.25, 0.3) is 0 Å². The number of hydrogen-bond donors (Lipinski definition) is 0. The fraction of sp³-hybridized carbons (Fsp3) is 0.833. The molecule has 0 amide bonds. The first-order chi connectivity index (χ1) is 4.38. The lowest BCUT2D eigenvalue weighted by molar-refractivity contribution is -0.0699. The summed E-state index contributed by atoms with van der Waals surface area (Å²) in [5.74, 6) is 0. The largest absolute Gasteiger partial charge is 0.298 e. The standard InChI is InChI=1S/C6H10N2O/c1-2-3-9-8-5-6(8)4-7/h6H,2-3,5H2,1H3. The van der Waals surface area contributed by atoms with E-state index < -0.39 is 0 Å². The van der Waals surface area contributed by atoms with Gasteiger partial charge in [0.15, 0.2) is 0 Å². The summed E-state index contributed by atoms with van der Waals surface area (Å²) in [6.07, 6.45) is 1.01. The normalized spacial score (nSPS) is 31.6. The van der Waals surface area contributed by atoms with E-state index in [1.54, 1.807) is 5.06 Å². The van der Waals surface area contributed by atoms with E-state index in [2.05, 4.69) is 6.07 Å². The molecule has 0 aromatic rings. The highest BCUT2D eigenvalue weighted by Crippen LogP contribution is 2.15. The summed E-state index contributed by atoms with van der Waals surface area (Å²) in [5, 5.41) is 10.0. The molecule has 2 atom stereocenters. The summed E-state index contributed by atoms with van der Waals surface area (Å²) in [6.45, 7) is 3.57. The van der Waals surface area contributed by atoms with Crippen LogP contribution in [0.4, 0.5) is 0 Å². The molecule has 0 aromatic heterocycles. The summed E-state index contributed by atoms with van der Waals surface area (Å²) in [7, 11) is 0. The van der Waals surface area contributed by atoms with Gasteiger partial charge in [0.2, 0.25) is 0 Å². The van der Waals surface area contributed by atoms with Crippen LogP contribution in [0, 0.1) is 11.3 Å². The van der Waals surface area contributed by atoms with Crippen LogP contribution in [0.2, 0.25) is 0 Å². The molecule has 9 heavy (non-hydrogen) atoms. The minimum absolute atomic E-state index is 0.0385. The van der Waals surface area contributed by atoms with Crippen molar-refractivity contribution in [2.45, 2.75) is 19.4 Å². The van der Waals surface area contributed by atoms with Gasteiger partial charge < -0.3 is 0 Å². The molecule has 3 heteroatoms. The van der Waals surface area contributed by atoms with E-state index in [9.17, 15) is 0 Å². The lowest BCUT2D eigenvalue weighted by atomic mass is 10.5. The number of hydrogen-bond acceptors (Lipinski definition) is 3. The van der Waals surface area contributed by atoms with Gasteiger partial charge in [0.05, 0.1) is 19.2 Å². The Morgan fingerprint density at radius 2 is 2.67 bits per heavy atom. The number of rotatable bonds is 3. The monoisotopic (exact) mass is 126 g/mol. The molecule has 1 aliphatic heterocycles. The molecule has 1 fully saturated rings. The molecule has 2 unspecified atom stereocenters. The van der Waals surface area contributed by atoms with Crippen molar-refractivity contribution in [3.63, 3.8) is 0 Å². The van der Waals surface area contributed by atoms with Crippen molar-refractivity contribution >= 4 is 0 Å². The zero-order valence-electron chi connectivity index (χ0n) is 5.50. The molecule has 3 nitrogen and oxygen atoms in total. The van der Waals surface area contributed by atoms with Crippen molar-refractivity contribution in [3.05, 3.63) is 0 Å². The van der Waals surface area contributed by atoms with Crippen LogP contribution in [0.3, 0.4) is 0 Å². The summed E-state index contributed by atoms with van der Waals surface area (Å²) >= 11 is 0. The van der Waals surface area contributed by atoms with Gasteiger partial charge in [-0.15, -0.1) is 0 Å². The van der Waals surface area contributed by atoms with Gasteiger partial charge in [-0.2, -0.15) is 10.3 Å². The van der Waals surface area contributed by atoms with E-state index in [0.29, 0.717) is 0 Å². The van der Waals surface area contributed by atoms with Crippen LogP contribution in [-0.4, -0.2) is 24.3 Å². The maximum Gasteiger partial charge on any atom is 0.137 e. The third-order valence-corrected chi connectivity index (χ3v) is 1.18. The molecule has 0 aliphatic carbocycles. The summed E-state index contributed by atoms with van der Waals surface area (Å²) < 4.78 is 0. The molecule has 1 rings (SSSR count). The minimum atomic E-state index is 0.0385. The topological polar surface area (TPSA) is 36.0 Å². The van der Waals surface area contributed by atoms with Crippen LogP contribution in [0.5, 0.6) is 0 Å². The molecular weight excluding hydrogens is 116 g/mol. The smallest absolute Gasteiger partial charge is 0.137 e. The summed E-state index contributed by atoms with van der Waals surface area (Å²) in [5.41, 5.74) is 0. The zero-order valence-corrected chi connectivity index (χ0v) is 5.50. The Hall–Kier alpha value is -0.590. The summed E-state index contributed by atoms with van der Waals surface area (Å²) in [4.78, 5) is 5.12. The van der Waals surface area contributed by atoms with Gasteiger partial charge in [-0.3, -0.25) is 4.84 Å². The molecular formula is C6H10N2O.